The van der Waals surface area contributed by atoms with E-state index in [0.717, 1.165) is 35.4 Å². The van der Waals surface area contributed by atoms with Crippen molar-refractivity contribution in [2.75, 3.05) is 13.7 Å². The summed E-state index contributed by atoms with van der Waals surface area (Å²) in [6.07, 6.45) is 2.17. The van der Waals surface area contributed by atoms with Crippen LogP contribution in [0.3, 0.4) is 0 Å². The molecule has 0 radical (unpaired) electrons. The molecule has 0 amide bonds. The molecular formula is C18H22N2O2. The topological polar surface area (TPSA) is 43.3 Å². The van der Waals surface area contributed by atoms with E-state index >= 15 is 0 Å². The number of aromatic nitrogens is 1. The van der Waals surface area contributed by atoms with Crippen LogP contribution in [-0.2, 0) is 6.54 Å². The van der Waals surface area contributed by atoms with E-state index in [1.54, 1.807) is 0 Å². The summed E-state index contributed by atoms with van der Waals surface area (Å²) in [5, 5.41) is 3.06. The molecule has 1 aromatic heterocycles. The van der Waals surface area contributed by atoms with E-state index in [2.05, 4.69) is 11.4 Å². The Morgan fingerprint density at radius 2 is 2.09 bits per heavy atom. The van der Waals surface area contributed by atoms with Gasteiger partial charge in [0.1, 0.15) is 5.75 Å². The van der Waals surface area contributed by atoms with Crippen LogP contribution in [0.4, 0.5) is 0 Å². The van der Waals surface area contributed by atoms with Gasteiger partial charge in [-0.2, -0.15) is 0 Å². The van der Waals surface area contributed by atoms with Crippen LogP contribution in [0.5, 0.6) is 5.75 Å². The highest BCUT2D eigenvalue weighted by Crippen LogP contribution is 2.37. The first-order valence-electron chi connectivity index (χ1n) is 7.87. The quantitative estimate of drug-likeness (QED) is 0.891. The number of hydrogen-bond donors (Lipinski definition) is 1. The van der Waals surface area contributed by atoms with Crippen LogP contribution in [0.1, 0.15) is 31.4 Å². The molecule has 4 nitrogen and oxygen atoms in total. The van der Waals surface area contributed by atoms with Crippen molar-refractivity contribution in [2.45, 2.75) is 32.4 Å². The molecule has 0 spiro atoms. The van der Waals surface area contributed by atoms with Crippen molar-refractivity contribution in [3.05, 3.63) is 52.3 Å². The SMILES string of the molecule is CCOc1cccc(-c2ccc(CNC)c(=O)n2C2CC2)c1. The first kappa shape index (κ1) is 14.9. The normalized spacial score (nSPS) is 14.1. The fourth-order valence-electron chi connectivity index (χ4n) is 2.76. The predicted octanol–water partition coefficient (Wildman–Crippen LogP) is 2.97. The second-order valence-electron chi connectivity index (χ2n) is 5.64. The third kappa shape index (κ3) is 2.92. The molecule has 1 N–H and O–H groups in total. The van der Waals surface area contributed by atoms with Crippen molar-refractivity contribution in [3.8, 4) is 17.0 Å². The van der Waals surface area contributed by atoms with E-state index in [4.69, 9.17) is 4.74 Å². The van der Waals surface area contributed by atoms with Crippen molar-refractivity contribution in [3.63, 3.8) is 0 Å². The second-order valence-corrected chi connectivity index (χ2v) is 5.64. The lowest BCUT2D eigenvalue weighted by atomic mass is 10.1. The van der Waals surface area contributed by atoms with Crippen LogP contribution in [-0.4, -0.2) is 18.2 Å². The minimum absolute atomic E-state index is 0.121. The highest BCUT2D eigenvalue weighted by molar-refractivity contribution is 5.62. The number of rotatable bonds is 6. The van der Waals surface area contributed by atoms with Gasteiger partial charge in [0.15, 0.2) is 0 Å². The zero-order chi connectivity index (χ0) is 15.5. The van der Waals surface area contributed by atoms with Gasteiger partial charge >= 0.3 is 0 Å². The van der Waals surface area contributed by atoms with Gasteiger partial charge in [-0.1, -0.05) is 18.2 Å². The van der Waals surface area contributed by atoms with E-state index in [1.165, 1.54) is 0 Å². The maximum Gasteiger partial charge on any atom is 0.255 e. The van der Waals surface area contributed by atoms with Crippen LogP contribution < -0.4 is 15.6 Å². The molecule has 0 atom stereocenters. The standard InChI is InChI=1S/C18H22N2O2/c1-3-22-16-6-4-5-13(11-16)17-10-7-14(12-19-2)18(21)20(17)15-8-9-15/h4-7,10-11,15,19H,3,8-9,12H2,1-2H3. The average molecular weight is 298 g/mol. The maximum absolute atomic E-state index is 12.7. The van der Waals surface area contributed by atoms with Crippen LogP contribution >= 0.6 is 0 Å². The number of benzene rings is 1. The van der Waals surface area contributed by atoms with Gasteiger partial charge in [-0.05, 0) is 45.0 Å². The Morgan fingerprint density at radius 1 is 1.27 bits per heavy atom. The Bertz CT molecular complexity index is 717. The molecule has 1 aliphatic rings. The van der Waals surface area contributed by atoms with E-state index in [-0.39, 0.29) is 5.56 Å². The maximum atomic E-state index is 12.7. The summed E-state index contributed by atoms with van der Waals surface area (Å²) < 4.78 is 7.54. The Morgan fingerprint density at radius 3 is 2.77 bits per heavy atom. The number of nitrogens with zero attached hydrogens (tertiary/aromatic N) is 1. The van der Waals surface area contributed by atoms with Gasteiger partial charge in [0.25, 0.3) is 5.56 Å². The molecule has 0 bridgehead atoms. The van der Waals surface area contributed by atoms with Crippen molar-refractivity contribution < 1.29 is 4.74 Å². The molecule has 3 rings (SSSR count). The Labute approximate surface area is 130 Å². The third-order valence-electron chi connectivity index (χ3n) is 3.92. The van der Waals surface area contributed by atoms with Crippen LogP contribution in [0, 0.1) is 0 Å². The fourth-order valence-corrected chi connectivity index (χ4v) is 2.76. The molecule has 1 aliphatic carbocycles. The molecule has 4 heteroatoms. The van der Waals surface area contributed by atoms with Crippen LogP contribution in [0.25, 0.3) is 11.3 Å². The third-order valence-corrected chi connectivity index (χ3v) is 3.92. The molecule has 1 heterocycles. The number of hydrogen-bond acceptors (Lipinski definition) is 3. The molecule has 2 aromatic rings. The number of ether oxygens (including phenoxy) is 1. The van der Waals surface area contributed by atoms with Crippen molar-refractivity contribution in [1.29, 1.82) is 0 Å². The number of nitrogens with one attached hydrogen (secondary N) is 1. The van der Waals surface area contributed by atoms with Gasteiger partial charge in [-0.25, -0.2) is 0 Å². The smallest absolute Gasteiger partial charge is 0.255 e. The van der Waals surface area contributed by atoms with Gasteiger partial charge in [-0.3, -0.25) is 4.79 Å². The van der Waals surface area contributed by atoms with Gasteiger partial charge < -0.3 is 14.6 Å². The Balaban J connectivity index is 2.08. The monoisotopic (exact) mass is 298 g/mol. The molecule has 1 aromatic carbocycles. The molecular weight excluding hydrogens is 276 g/mol. The summed E-state index contributed by atoms with van der Waals surface area (Å²) in [4.78, 5) is 12.7. The molecule has 116 valence electrons. The van der Waals surface area contributed by atoms with Crippen LogP contribution in [0.15, 0.2) is 41.2 Å². The van der Waals surface area contributed by atoms with E-state index in [1.807, 2.05) is 48.9 Å². The first-order valence-corrected chi connectivity index (χ1v) is 7.87. The van der Waals surface area contributed by atoms with Gasteiger partial charge in [0, 0.05) is 23.7 Å². The minimum atomic E-state index is 0.121. The zero-order valence-corrected chi connectivity index (χ0v) is 13.1. The van der Waals surface area contributed by atoms with Gasteiger partial charge in [-0.15, -0.1) is 0 Å². The Hall–Kier alpha value is -2.07. The summed E-state index contributed by atoms with van der Waals surface area (Å²) in [7, 11) is 1.86. The first-order chi connectivity index (χ1) is 10.7. The zero-order valence-electron chi connectivity index (χ0n) is 13.1. The highest BCUT2D eigenvalue weighted by Gasteiger charge is 2.27. The summed E-state index contributed by atoms with van der Waals surface area (Å²) in [5.41, 5.74) is 2.95. The molecule has 22 heavy (non-hydrogen) atoms. The van der Waals surface area contributed by atoms with Crippen LogP contribution in [0.2, 0.25) is 0 Å². The van der Waals surface area contributed by atoms with Gasteiger partial charge in [0.2, 0.25) is 0 Å². The minimum Gasteiger partial charge on any atom is -0.494 e. The molecule has 0 aliphatic heterocycles. The summed E-state index contributed by atoms with van der Waals surface area (Å²) in [6, 6.07) is 12.3. The van der Waals surface area contributed by atoms with Crippen molar-refractivity contribution >= 4 is 0 Å². The lowest BCUT2D eigenvalue weighted by Crippen LogP contribution is -2.26. The second kappa shape index (κ2) is 6.36. The largest absolute Gasteiger partial charge is 0.494 e. The highest BCUT2D eigenvalue weighted by atomic mass is 16.5. The lowest BCUT2D eigenvalue weighted by molar-refractivity contribution is 0.340. The molecule has 1 saturated carbocycles. The molecule has 1 fully saturated rings. The number of pyridine rings is 1. The summed E-state index contributed by atoms with van der Waals surface area (Å²) in [6.45, 7) is 3.21. The molecule has 0 saturated heterocycles. The lowest BCUT2D eigenvalue weighted by Gasteiger charge is -2.15. The predicted molar refractivity (Wildman–Crippen MR) is 88.3 cm³/mol. The molecule has 0 unspecified atom stereocenters. The van der Waals surface area contributed by atoms with E-state index in [0.29, 0.717) is 19.2 Å². The van der Waals surface area contributed by atoms with Gasteiger partial charge in [0.05, 0.1) is 12.3 Å². The summed E-state index contributed by atoms with van der Waals surface area (Å²) in [5.74, 6) is 0.842. The van der Waals surface area contributed by atoms with Crippen molar-refractivity contribution in [2.24, 2.45) is 0 Å². The van der Waals surface area contributed by atoms with Crippen molar-refractivity contribution in [1.82, 2.24) is 9.88 Å². The summed E-state index contributed by atoms with van der Waals surface area (Å²) >= 11 is 0. The Kier molecular flexibility index (Phi) is 4.29. The average Bonchev–Trinajstić information content (AvgIpc) is 3.34. The fraction of sp³-hybridized carbons (Fsp3) is 0.389. The van der Waals surface area contributed by atoms with E-state index in [9.17, 15) is 4.79 Å². The van der Waals surface area contributed by atoms with E-state index < -0.39 is 0 Å².